The number of fused-ring (bicyclic) bond motifs is 1. The summed E-state index contributed by atoms with van der Waals surface area (Å²) in [7, 11) is 0. The van der Waals surface area contributed by atoms with Crippen LogP contribution in [0.4, 0.5) is 0 Å². The minimum atomic E-state index is 0.601. The van der Waals surface area contributed by atoms with E-state index in [4.69, 9.17) is 0 Å². The highest BCUT2D eigenvalue weighted by atomic mass is 16.1. The van der Waals surface area contributed by atoms with Gasteiger partial charge in [-0.05, 0) is 13.0 Å². The maximum absolute atomic E-state index is 10.4. The van der Waals surface area contributed by atoms with Gasteiger partial charge >= 0.3 is 0 Å². The van der Waals surface area contributed by atoms with Crippen molar-refractivity contribution in [1.82, 2.24) is 14.8 Å². The van der Waals surface area contributed by atoms with E-state index in [9.17, 15) is 4.79 Å². The van der Waals surface area contributed by atoms with Gasteiger partial charge in [-0.3, -0.25) is 9.48 Å². The van der Waals surface area contributed by atoms with Crippen molar-refractivity contribution in [3.63, 3.8) is 0 Å². The molecule has 12 heavy (non-hydrogen) atoms. The molecule has 1 N–H and O–H groups in total. The molecule has 0 unspecified atom stereocenters. The lowest BCUT2D eigenvalue weighted by atomic mass is 10.4. The monoisotopic (exact) mass is 163 g/mol. The predicted molar refractivity (Wildman–Crippen MR) is 45.1 cm³/mol. The van der Waals surface area contributed by atoms with Crippen molar-refractivity contribution in [3.05, 3.63) is 18.0 Å². The summed E-state index contributed by atoms with van der Waals surface area (Å²) >= 11 is 0. The maximum atomic E-state index is 10.4. The molecule has 62 valence electrons. The minimum Gasteiger partial charge on any atom is -0.350 e. The Labute approximate surface area is 69.2 Å². The summed E-state index contributed by atoms with van der Waals surface area (Å²) in [6.45, 7) is 2.83. The largest absolute Gasteiger partial charge is 0.350 e. The van der Waals surface area contributed by atoms with Gasteiger partial charge in [0.2, 0.25) is 0 Å². The molecule has 4 heteroatoms. The van der Waals surface area contributed by atoms with Crippen molar-refractivity contribution >= 4 is 17.3 Å². The van der Waals surface area contributed by atoms with Gasteiger partial charge in [0.25, 0.3) is 0 Å². The third-order valence-electron chi connectivity index (χ3n) is 1.88. The number of carbonyl (C=O) groups excluding carboxylic acids is 1. The van der Waals surface area contributed by atoms with Gasteiger partial charge in [0.05, 0.1) is 22.9 Å². The van der Waals surface area contributed by atoms with Gasteiger partial charge in [0, 0.05) is 6.54 Å². The number of H-pyrrole nitrogens is 1. The van der Waals surface area contributed by atoms with Crippen molar-refractivity contribution in [3.8, 4) is 0 Å². The second kappa shape index (κ2) is 2.48. The van der Waals surface area contributed by atoms with E-state index in [0.29, 0.717) is 5.69 Å². The van der Waals surface area contributed by atoms with Gasteiger partial charge in [-0.15, -0.1) is 0 Å². The van der Waals surface area contributed by atoms with E-state index >= 15 is 0 Å². The molecule has 2 aromatic heterocycles. The first-order chi connectivity index (χ1) is 5.85. The summed E-state index contributed by atoms with van der Waals surface area (Å²) in [5.74, 6) is 0. The van der Waals surface area contributed by atoms with Crippen LogP contribution in [-0.2, 0) is 6.54 Å². The number of nitrogens with zero attached hydrogens (tertiary/aromatic N) is 2. The number of aromatic amines is 1. The summed E-state index contributed by atoms with van der Waals surface area (Å²) < 4.78 is 1.85. The lowest BCUT2D eigenvalue weighted by Crippen LogP contribution is -1.94. The van der Waals surface area contributed by atoms with Crippen LogP contribution in [0.3, 0.4) is 0 Å². The van der Waals surface area contributed by atoms with E-state index in [1.165, 1.54) is 0 Å². The zero-order valence-corrected chi connectivity index (χ0v) is 6.74. The van der Waals surface area contributed by atoms with Crippen LogP contribution in [0, 0.1) is 0 Å². The number of carbonyl (C=O) groups is 1. The molecule has 0 fully saturated rings. The van der Waals surface area contributed by atoms with Crippen molar-refractivity contribution in [2.75, 3.05) is 0 Å². The molecule has 0 aliphatic heterocycles. The molecular formula is C8H9N3O. The van der Waals surface area contributed by atoms with Crippen molar-refractivity contribution < 1.29 is 4.79 Å². The van der Waals surface area contributed by atoms with Gasteiger partial charge in [-0.25, -0.2) is 0 Å². The molecule has 0 saturated carbocycles. The van der Waals surface area contributed by atoms with Crippen LogP contribution in [0.5, 0.6) is 0 Å². The number of rotatable bonds is 2. The van der Waals surface area contributed by atoms with Gasteiger partial charge in [-0.2, -0.15) is 5.10 Å². The van der Waals surface area contributed by atoms with E-state index in [1.807, 2.05) is 11.6 Å². The molecule has 0 aliphatic rings. The Morgan fingerprint density at radius 1 is 1.75 bits per heavy atom. The quantitative estimate of drug-likeness (QED) is 0.676. The fourth-order valence-corrected chi connectivity index (χ4v) is 1.30. The Hall–Kier alpha value is -1.58. The molecule has 2 heterocycles. The summed E-state index contributed by atoms with van der Waals surface area (Å²) in [5, 5.41) is 4.12. The molecule has 0 atom stereocenters. The van der Waals surface area contributed by atoms with Gasteiger partial charge < -0.3 is 4.98 Å². The number of nitrogens with one attached hydrogen (secondary N) is 1. The highest BCUT2D eigenvalue weighted by Gasteiger charge is 2.04. The van der Waals surface area contributed by atoms with Gasteiger partial charge in [0.15, 0.2) is 6.29 Å². The van der Waals surface area contributed by atoms with Gasteiger partial charge in [-0.1, -0.05) is 0 Å². The van der Waals surface area contributed by atoms with E-state index in [-0.39, 0.29) is 0 Å². The minimum absolute atomic E-state index is 0.601. The Kier molecular flexibility index (Phi) is 1.46. The summed E-state index contributed by atoms with van der Waals surface area (Å²) in [6, 6.07) is 1.80. The molecule has 0 saturated heterocycles. The molecule has 0 bridgehead atoms. The Morgan fingerprint density at radius 2 is 2.58 bits per heavy atom. The smallest absolute Gasteiger partial charge is 0.166 e. The SMILES string of the molecule is CCn1ncc2[nH]c(C=O)cc21. The van der Waals surface area contributed by atoms with Crippen molar-refractivity contribution in [1.29, 1.82) is 0 Å². The van der Waals surface area contributed by atoms with Crippen molar-refractivity contribution in [2.24, 2.45) is 0 Å². The Morgan fingerprint density at radius 3 is 3.25 bits per heavy atom. The molecule has 0 spiro atoms. The number of aromatic nitrogens is 3. The molecular weight excluding hydrogens is 154 g/mol. The molecule has 4 nitrogen and oxygen atoms in total. The first-order valence-electron chi connectivity index (χ1n) is 3.85. The van der Waals surface area contributed by atoms with E-state index in [0.717, 1.165) is 23.9 Å². The molecule has 0 radical (unpaired) electrons. The van der Waals surface area contributed by atoms with Crippen LogP contribution < -0.4 is 0 Å². The van der Waals surface area contributed by atoms with Crippen LogP contribution in [0.1, 0.15) is 17.4 Å². The van der Waals surface area contributed by atoms with Crippen LogP contribution >= 0.6 is 0 Å². The highest BCUT2D eigenvalue weighted by molar-refractivity contribution is 5.85. The second-order valence-electron chi connectivity index (χ2n) is 2.60. The predicted octanol–water partition coefficient (Wildman–Crippen LogP) is 1.20. The van der Waals surface area contributed by atoms with E-state index in [1.54, 1.807) is 12.3 Å². The standard InChI is InChI=1S/C8H9N3O/c1-2-11-8-3-6(5-12)10-7(8)4-9-11/h3-5,10H,2H2,1H3. The zero-order chi connectivity index (χ0) is 8.55. The van der Waals surface area contributed by atoms with Crippen LogP contribution in [-0.4, -0.2) is 21.1 Å². The Balaban J connectivity index is 2.68. The Bertz CT molecular complexity index is 413. The molecule has 2 rings (SSSR count). The van der Waals surface area contributed by atoms with E-state index < -0.39 is 0 Å². The fraction of sp³-hybridized carbons (Fsp3) is 0.250. The number of aldehydes is 1. The summed E-state index contributed by atoms with van der Waals surface area (Å²) in [6.07, 6.45) is 2.53. The first kappa shape index (κ1) is 7.09. The average molecular weight is 163 g/mol. The highest BCUT2D eigenvalue weighted by Crippen LogP contribution is 2.13. The summed E-state index contributed by atoms with van der Waals surface area (Å²) in [4.78, 5) is 13.4. The van der Waals surface area contributed by atoms with E-state index in [2.05, 4.69) is 10.1 Å². The second-order valence-corrected chi connectivity index (χ2v) is 2.60. The van der Waals surface area contributed by atoms with Crippen molar-refractivity contribution in [2.45, 2.75) is 13.5 Å². The molecule has 0 amide bonds. The van der Waals surface area contributed by atoms with Crippen LogP contribution in [0.15, 0.2) is 12.3 Å². The van der Waals surface area contributed by atoms with Crippen LogP contribution in [0.25, 0.3) is 11.0 Å². The fourth-order valence-electron chi connectivity index (χ4n) is 1.30. The number of hydrogen-bond donors (Lipinski definition) is 1. The summed E-state index contributed by atoms with van der Waals surface area (Å²) in [5.41, 5.74) is 2.50. The third kappa shape index (κ3) is 0.845. The average Bonchev–Trinajstić information content (AvgIpc) is 2.61. The van der Waals surface area contributed by atoms with Crippen LogP contribution in [0.2, 0.25) is 0 Å². The number of hydrogen-bond acceptors (Lipinski definition) is 2. The normalized spacial score (nSPS) is 10.8. The molecule has 2 aromatic rings. The lowest BCUT2D eigenvalue weighted by Gasteiger charge is -1.92. The third-order valence-corrected chi connectivity index (χ3v) is 1.88. The zero-order valence-electron chi connectivity index (χ0n) is 6.74. The molecule has 0 aliphatic carbocycles. The maximum Gasteiger partial charge on any atom is 0.166 e. The number of aryl methyl sites for hydroxylation is 1. The topological polar surface area (TPSA) is 50.7 Å². The molecule has 0 aromatic carbocycles. The first-order valence-corrected chi connectivity index (χ1v) is 3.85. The lowest BCUT2D eigenvalue weighted by molar-refractivity contribution is 0.112. The van der Waals surface area contributed by atoms with Gasteiger partial charge in [0.1, 0.15) is 0 Å².